The van der Waals surface area contributed by atoms with E-state index >= 15 is 0 Å². The van der Waals surface area contributed by atoms with E-state index in [1.54, 1.807) is 24.7 Å². The van der Waals surface area contributed by atoms with Crippen LogP contribution >= 0.6 is 11.6 Å². The molecule has 9 heteroatoms. The maximum absolute atomic E-state index is 12.2. The molecule has 0 spiro atoms. The van der Waals surface area contributed by atoms with Crippen LogP contribution in [0.2, 0.25) is 5.02 Å². The van der Waals surface area contributed by atoms with Gasteiger partial charge in [-0.25, -0.2) is 18.1 Å². The van der Waals surface area contributed by atoms with Crippen LogP contribution in [0.25, 0.3) is 5.69 Å². The molecule has 7 nitrogen and oxygen atoms in total. The van der Waals surface area contributed by atoms with Gasteiger partial charge in [0.15, 0.2) is 0 Å². The largest absolute Gasteiger partial charge is 0.350 e. The lowest BCUT2D eigenvalue weighted by Gasteiger charge is -2.15. The van der Waals surface area contributed by atoms with E-state index in [4.69, 9.17) is 11.6 Å². The molecule has 3 rings (SSSR count). The second-order valence-corrected chi connectivity index (χ2v) is 8.66. The molecule has 1 aromatic heterocycles. The molecule has 2 aromatic carbocycles. The van der Waals surface area contributed by atoms with Crippen LogP contribution in [0.4, 0.5) is 0 Å². The molecule has 1 unspecified atom stereocenters. The monoisotopic (exact) mass is 432 g/mol. The van der Waals surface area contributed by atoms with E-state index in [2.05, 4.69) is 15.0 Å². The lowest BCUT2D eigenvalue weighted by molar-refractivity contribution is -0.121. The summed E-state index contributed by atoms with van der Waals surface area (Å²) in [6.07, 6.45) is 5.30. The standard InChI is InChI=1S/C20H21ClN4O3S/c1-15(16-5-7-18(8-6-16)25-12-11-22-14-25)24-20(26)9-10-23-29(27,28)19-4-2-3-17(21)13-19/h2-8,11-15,23H,9-10H2,1H3,(H,24,26). The second-order valence-electron chi connectivity index (χ2n) is 6.46. The zero-order valence-corrected chi connectivity index (χ0v) is 17.3. The van der Waals surface area contributed by atoms with Gasteiger partial charge in [-0.05, 0) is 42.8 Å². The number of imidazole rings is 1. The molecular weight excluding hydrogens is 412 g/mol. The van der Waals surface area contributed by atoms with Crippen molar-refractivity contribution in [2.45, 2.75) is 24.3 Å². The highest BCUT2D eigenvalue weighted by Crippen LogP contribution is 2.16. The van der Waals surface area contributed by atoms with Crippen molar-refractivity contribution < 1.29 is 13.2 Å². The molecule has 2 N–H and O–H groups in total. The van der Waals surface area contributed by atoms with Crippen LogP contribution in [0.15, 0.2) is 72.1 Å². The molecule has 0 aliphatic heterocycles. The predicted molar refractivity (Wildman–Crippen MR) is 111 cm³/mol. The Morgan fingerprint density at radius 2 is 1.97 bits per heavy atom. The van der Waals surface area contributed by atoms with Crippen molar-refractivity contribution in [1.29, 1.82) is 0 Å². The highest BCUT2D eigenvalue weighted by atomic mass is 35.5. The Kier molecular flexibility index (Phi) is 6.68. The number of carbonyl (C=O) groups is 1. The first-order valence-corrected chi connectivity index (χ1v) is 10.8. The molecule has 29 heavy (non-hydrogen) atoms. The number of hydrogen-bond acceptors (Lipinski definition) is 4. The fourth-order valence-corrected chi connectivity index (χ4v) is 4.09. The Balaban J connectivity index is 1.50. The van der Waals surface area contributed by atoms with Crippen LogP contribution in [0, 0.1) is 0 Å². The molecule has 1 heterocycles. The van der Waals surface area contributed by atoms with Gasteiger partial charge in [0.2, 0.25) is 15.9 Å². The van der Waals surface area contributed by atoms with E-state index in [1.807, 2.05) is 42.0 Å². The van der Waals surface area contributed by atoms with Crippen molar-refractivity contribution in [1.82, 2.24) is 19.6 Å². The van der Waals surface area contributed by atoms with Gasteiger partial charge in [-0.15, -0.1) is 0 Å². The lowest BCUT2D eigenvalue weighted by atomic mass is 10.1. The number of hydrogen-bond donors (Lipinski definition) is 2. The van der Waals surface area contributed by atoms with Gasteiger partial charge >= 0.3 is 0 Å². The average Bonchev–Trinajstić information content (AvgIpc) is 3.23. The Bertz CT molecular complexity index is 1070. The normalized spacial score (nSPS) is 12.5. The van der Waals surface area contributed by atoms with E-state index in [9.17, 15) is 13.2 Å². The number of nitrogens with zero attached hydrogens (tertiary/aromatic N) is 2. The lowest BCUT2D eigenvalue weighted by Crippen LogP contribution is -2.32. The fraction of sp³-hybridized carbons (Fsp3) is 0.200. The van der Waals surface area contributed by atoms with Gasteiger partial charge in [0, 0.05) is 36.1 Å². The van der Waals surface area contributed by atoms with Gasteiger partial charge in [-0.2, -0.15) is 0 Å². The summed E-state index contributed by atoms with van der Waals surface area (Å²) >= 11 is 5.83. The Hall–Kier alpha value is -2.68. The highest BCUT2D eigenvalue weighted by molar-refractivity contribution is 7.89. The Morgan fingerprint density at radius 1 is 1.21 bits per heavy atom. The maximum Gasteiger partial charge on any atom is 0.240 e. The molecule has 0 aliphatic carbocycles. The minimum Gasteiger partial charge on any atom is -0.350 e. The minimum absolute atomic E-state index is 0.00698. The van der Waals surface area contributed by atoms with E-state index in [0.717, 1.165) is 11.3 Å². The number of sulfonamides is 1. The fourth-order valence-electron chi connectivity index (χ4n) is 2.76. The molecule has 0 radical (unpaired) electrons. The average molecular weight is 433 g/mol. The smallest absolute Gasteiger partial charge is 0.240 e. The van der Waals surface area contributed by atoms with Crippen molar-refractivity contribution in [3.8, 4) is 5.69 Å². The van der Waals surface area contributed by atoms with Crippen molar-refractivity contribution in [3.63, 3.8) is 0 Å². The van der Waals surface area contributed by atoms with Crippen LogP contribution in [-0.2, 0) is 14.8 Å². The SMILES string of the molecule is CC(NC(=O)CCNS(=O)(=O)c1cccc(Cl)c1)c1ccc(-n2ccnc2)cc1. The van der Waals surface area contributed by atoms with E-state index < -0.39 is 10.0 Å². The third-order valence-electron chi connectivity index (χ3n) is 4.32. The van der Waals surface area contributed by atoms with Gasteiger partial charge in [0.05, 0.1) is 17.3 Å². The van der Waals surface area contributed by atoms with Gasteiger partial charge in [0.25, 0.3) is 0 Å². The van der Waals surface area contributed by atoms with Crippen molar-refractivity contribution in [2.75, 3.05) is 6.54 Å². The summed E-state index contributed by atoms with van der Waals surface area (Å²) in [5.41, 5.74) is 1.92. The Labute approximate surface area is 174 Å². The molecule has 0 saturated heterocycles. The molecule has 0 saturated carbocycles. The Morgan fingerprint density at radius 3 is 2.62 bits per heavy atom. The summed E-state index contributed by atoms with van der Waals surface area (Å²) in [7, 11) is -3.71. The summed E-state index contributed by atoms with van der Waals surface area (Å²) in [6, 6.07) is 13.5. The second kappa shape index (κ2) is 9.21. The summed E-state index contributed by atoms with van der Waals surface area (Å²) in [5, 5.41) is 3.20. The number of amides is 1. The molecule has 152 valence electrons. The number of benzene rings is 2. The van der Waals surface area contributed by atoms with Gasteiger partial charge in [0.1, 0.15) is 0 Å². The number of carbonyl (C=O) groups excluding carboxylic acids is 1. The molecule has 0 bridgehead atoms. The zero-order valence-electron chi connectivity index (χ0n) is 15.7. The third kappa shape index (κ3) is 5.66. The van der Waals surface area contributed by atoms with Gasteiger partial charge < -0.3 is 9.88 Å². The van der Waals surface area contributed by atoms with Crippen LogP contribution < -0.4 is 10.0 Å². The summed E-state index contributed by atoms with van der Waals surface area (Å²) < 4.78 is 28.8. The van der Waals surface area contributed by atoms with Crippen LogP contribution in [0.5, 0.6) is 0 Å². The molecule has 3 aromatic rings. The maximum atomic E-state index is 12.2. The third-order valence-corrected chi connectivity index (χ3v) is 6.02. The topological polar surface area (TPSA) is 93.1 Å². The highest BCUT2D eigenvalue weighted by Gasteiger charge is 2.15. The summed E-state index contributed by atoms with van der Waals surface area (Å²) in [5.74, 6) is -0.245. The van der Waals surface area contributed by atoms with E-state index in [-0.39, 0.29) is 29.8 Å². The number of aromatic nitrogens is 2. The molecule has 1 atom stereocenters. The molecule has 0 aliphatic rings. The molecule has 1 amide bonds. The van der Waals surface area contributed by atoms with Crippen molar-refractivity contribution in [3.05, 3.63) is 77.8 Å². The van der Waals surface area contributed by atoms with Crippen LogP contribution in [0.1, 0.15) is 24.9 Å². The quantitative estimate of drug-likeness (QED) is 0.572. The number of rotatable bonds is 8. The number of nitrogens with one attached hydrogen (secondary N) is 2. The van der Waals surface area contributed by atoms with Crippen LogP contribution in [0.3, 0.4) is 0 Å². The number of halogens is 1. The summed E-state index contributed by atoms with van der Waals surface area (Å²) in [4.78, 5) is 16.3. The molecule has 0 fully saturated rings. The van der Waals surface area contributed by atoms with E-state index in [1.165, 1.54) is 12.1 Å². The summed E-state index contributed by atoms with van der Waals surface area (Å²) in [6.45, 7) is 1.87. The first-order valence-electron chi connectivity index (χ1n) is 8.98. The minimum atomic E-state index is -3.71. The van der Waals surface area contributed by atoms with Crippen LogP contribution in [-0.4, -0.2) is 30.4 Å². The first-order chi connectivity index (χ1) is 13.8. The van der Waals surface area contributed by atoms with Crippen molar-refractivity contribution in [2.24, 2.45) is 0 Å². The molecular formula is C20H21ClN4O3S. The van der Waals surface area contributed by atoms with E-state index in [0.29, 0.717) is 5.02 Å². The van der Waals surface area contributed by atoms with Gasteiger partial charge in [-0.3, -0.25) is 4.79 Å². The van der Waals surface area contributed by atoms with Gasteiger partial charge in [-0.1, -0.05) is 29.8 Å². The van der Waals surface area contributed by atoms with Crippen molar-refractivity contribution >= 4 is 27.5 Å². The first kappa shape index (κ1) is 21.0. The predicted octanol–water partition coefficient (Wildman–Crippen LogP) is 3.07. The zero-order chi connectivity index (χ0) is 20.9.